The summed E-state index contributed by atoms with van der Waals surface area (Å²) in [5.74, 6) is 0. The first-order valence-corrected chi connectivity index (χ1v) is 34.2. The lowest BCUT2D eigenvalue weighted by Crippen LogP contribution is -2.68. The van der Waals surface area contributed by atoms with Crippen molar-refractivity contribution >= 4 is 0 Å². The van der Waals surface area contributed by atoms with Crippen LogP contribution in [-0.2, 0) is 85.3 Å². The van der Waals surface area contributed by atoms with Crippen molar-refractivity contribution in [2.24, 2.45) is 0 Å². The molecular formula is C59H102O46. The molecule has 0 bridgehead atoms. The minimum Gasteiger partial charge on any atom is -0.394 e. The molecule has 9 saturated heterocycles. The van der Waals surface area contributed by atoms with E-state index in [1.807, 2.05) is 6.92 Å². The van der Waals surface area contributed by atoms with E-state index >= 15 is 0 Å². The van der Waals surface area contributed by atoms with Crippen molar-refractivity contribution < 1.29 is 228 Å². The van der Waals surface area contributed by atoms with Gasteiger partial charge in [-0.25, -0.2) is 0 Å². The van der Waals surface area contributed by atoms with Gasteiger partial charge in [0.05, 0.1) is 59.5 Å². The van der Waals surface area contributed by atoms with Gasteiger partial charge in [-0.2, -0.15) is 0 Å². The van der Waals surface area contributed by atoms with Gasteiger partial charge in [0, 0.05) is 6.61 Å². The number of rotatable bonds is 30. The van der Waals surface area contributed by atoms with Gasteiger partial charge >= 0.3 is 0 Å². The molecule has 0 aliphatic carbocycles. The lowest BCUT2D eigenvalue weighted by molar-refractivity contribution is -0.405. The summed E-state index contributed by atoms with van der Waals surface area (Å²) in [6.45, 7) is -7.64. The highest BCUT2D eigenvalue weighted by Gasteiger charge is 2.60. The third-order valence-corrected chi connectivity index (χ3v) is 19.8. The molecule has 0 saturated carbocycles. The van der Waals surface area contributed by atoms with Crippen LogP contribution in [0.4, 0.5) is 0 Å². The summed E-state index contributed by atoms with van der Waals surface area (Å²) in [7, 11) is 0. The maximum atomic E-state index is 12.4. The molecule has 0 aromatic heterocycles. The van der Waals surface area contributed by atoms with Crippen LogP contribution in [0.25, 0.3) is 0 Å². The topological polar surface area (TPSA) is 733 Å². The molecule has 9 fully saturated rings. The lowest BCUT2D eigenvalue weighted by atomic mass is 9.95. The van der Waals surface area contributed by atoms with E-state index in [-0.39, 0.29) is 6.61 Å². The van der Waals surface area contributed by atoms with Gasteiger partial charge in [0.1, 0.15) is 220 Å². The number of unbranched alkanes of at least 4 members (excludes halogenated alkanes) is 2. The van der Waals surface area contributed by atoms with Crippen LogP contribution in [-0.4, -0.2) is 485 Å². The SMILES string of the molecule is CCCCCO[C@@H]1O[C@H](CO[C@H]2O[C@H](CO[C@H]3O[C@H](CO)[C@@H](O)[C@H](O)[C@@H]3O[C@H]3O[C@H](CO)[C@@H](O)[C@H](O)[C@@H]3O)[C@@H](O)[C@H](O[C@H]3O[C@H](CO)[C@@H](O)[C@H](O)[C@@H]3O[C@H]3O[C@H](CO)[C@@H](O)[C@H](O)[C@@H]3O)[C@@H]2O)[C@@H](O)[C@H](O[C@H]2O[C@H](CO)[C@@H](O)[C@H](O)[C@@H]2O[C@H]2O[C@H](CO)[C@@H](O)[C@H](O)[C@@H]2O[C@H]2O[C@H](CO)[C@@H](O)[C@H](O)[C@@H]2O)[C@@H]1O. The van der Waals surface area contributed by atoms with Crippen molar-refractivity contribution in [3.63, 3.8) is 0 Å². The Bertz CT molecular complexity index is 2550. The summed E-state index contributed by atoms with van der Waals surface area (Å²) < 4.78 is 105. The number of aliphatic hydroxyl groups excluding tert-OH is 28. The number of aliphatic hydroxyl groups is 28. The summed E-state index contributed by atoms with van der Waals surface area (Å²) in [4.78, 5) is 0. The summed E-state index contributed by atoms with van der Waals surface area (Å²) in [5, 5.41) is 306. The summed E-state index contributed by atoms with van der Waals surface area (Å²) in [5.41, 5.74) is 0. The second-order valence-corrected chi connectivity index (χ2v) is 26.8. The van der Waals surface area contributed by atoms with E-state index in [0.29, 0.717) is 19.3 Å². The van der Waals surface area contributed by atoms with Crippen LogP contribution in [0.1, 0.15) is 26.2 Å². The van der Waals surface area contributed by atoms with Crippen LogP contribution < -0.4 is 0 Å². The number of hydrogen-bond donors (Lipinski definition) is 28. The zero-order valence-electron chi connectivity index (χ0n) is 56.0. The van der Waals surface area contributed by atoms with Crippen LogP contribution in [0.3, 0.4) is 0 Å². The predicted molar refractivity (Wildman–Crippen MR) is 320 cm³/mol. The monoisotopic (exact) mass is 1550 g/mol. The molecule has 9 heterocycles. The van der Waals surface area contributed by atoms with Crippen LogP contribution in [0, 0.1) is 0 Å². The fraction of sp³-hybridized carbons (Fsp3) is 1.00. The second-order valence-electron chi connectivity index (χ2n) is 26.8. The Kier molecular flexibility index (Phi) is 32.2. The molecule has 46 nitrogen and oxygen atoms in total. The van der Waals surface area contributed by atoms with Gasteiger partial charge in [-0.15, -0.1) is 0 Å². The summed E-state index contributed by atoms with van der Waals surface area (Å²) in [6, 6.07) is 0. The van der Waals surface area contributed by atoms with E-state index < -0.39 is 336 Å². The van der Waals surface area contributed by atoms with Crippen molar-refractivity contribution in [2.75, 3.05) is 66.1 Å². The van der Waals surface area contributed by atoms with Crippen LogP contribution in [0.2, 0.25) is 0 Å². The molecule has 46 heteroatoms. The third-order valence-electron chi connectivity index (χ3n) is 19.8. The highest BCUT2D eigenvalue weighted by molar-refractivity contribution is 5.02. The molecule has 0 aromatic carbocycles. The Labute approximate surface area is 595 Å². The molecule has 9 rings (SSSR count). The summed E-state index contributed by atoms with van der Waals surface area (Å²) in [6.07, 6.45) is -91.3. The molecule has 0 spiro atoms. The molecule has 0 aromatic rings. The van der Waals surface area contributed by atoms with E-state index in [4.69, 9.17) is 85.3 Å². The Morgan fingerprint density at radius 1 is 0.200 bits per heavy atom. The third kappa shape index (κ3) is 19.0. The fourth-order valence-corrected chi connectivity index (χ4v) is 13.3. The van der Waals surface area contributed by atoms with Gasteiger partial charge in [0.2, 0.25) is 0 Å². The molecule has 0 unspecified atom stereocenters. The van der Waals surface area contributed by atoms with E-state index in [2.05, 4.69) is 0 Å². The Morgan fingerprint density at radius 3 is 0.724 bits per heavy atom. The molecule has 614 valence electrons. The predicted octanol–water partition coefficient (Wildman–Crippen LogP) is -18.4. The Hall–Kier alpha value is -1.84. The first-order valence-electron chi connectivity index (χ1n) is 34.2. The number of ether oxygens (including phenoxy) is 18. The first-order chi connectivity index (χ1) is 49.9. The zero-order valence-corrected chi connectivity index (χ0v) is 56.0. The molecular weight excluding hydrogens is 1440 g/mol. The molecule has 9 aliphatic heterocycles. The van der Waals surface area contributed by atoms with Gasteiger partial charge < -0.3 is 228 Å². The maximum absolute atomic E-state index is 12.4. The zero-order chi connectivity index (χ0) is 76.9. The molecule has 105 heavy (non-hydrogen) atoms. The largest absolute Gasteiger partial charge is 0.394 e. The van der Waals surface area contributed by atoms with Crippen molar-refractivity contribution in [1.82, 2.24) is 0 Å². The molecule has 45 atom stereocenters. The van der Waals surface area contributed by atoms with Crippen molar-refractivity contribution in [3.8, 4) is 0 Å². The highest BCUT2D eigenvalue weighted by Crippen LogP contribution is 2.40. The lowest BCUT2D eigenvalue weighted by Gasteiger charge is -2.50. The number of hydrogen-bond acceptors (Lipinski definition) is 46. The molecule has 0 radical (unpaired) electrons. The van der Waals surface area contributed by atoms with Crippen LogP contribution >= 0.6 is 0 Å². The fourth-order valence-electron chi connectivity index (χ4n) is 13.3. The van der Waals surface area contributed by atoms with Crippen molar-refractivity contribution in [1.29, 1.82) is 0 Å². The smallest absolute Gasteiger partial charge is 0.187 e. The minimum atomic E-state index is -2.41. The average molecular weight is 1550 g/mol. The first kappa shape index (κ1) is 87.1. The van der Waals surface area contributed by atoms with Crippen LogP contribution in [0.5, 0.6) is 0 Å². The van der Waals surface area contributed by atoms with Gasteiger partial charge in [0.25, 0.3) is 0 Å². The Morgan fingerprint density at radius 2 is 0.429 bits per heavy atom. The normalized spacial score (nSPS) is 51.7. The van der Waals surface area contributed by atoms with Crippen molar-refractivity contribution in [3.05, 3.63) is 0 Å². The maximum Gasteiger partial charge on any atom is 0.187 e. The minimum absolute atomic E-state index is 0.172. The van der Waals surface area contributed by atoms with Gasteiger partial charge in [-0.3, -0.25) is 0 Å². The summed E-state index contributed by atoms with van der Waals surface area (Å²) >= 11 is 0. The second kappa shape index (κ2) is 38.8. The Balaban J connectivity index is 1.02. The molecule has 9 aliphatic rings. The van der Waals surface area contributed by atoms with Crippen LogP contribution in [0.15, 0.2) is 0 Å². The quantitative estimate of drug-likeness (QED) is 0.0297. The molecule has 28 N–H and O–H groups in total. The van der Waals surface area contributed by atoms with E-state index in [0.717, 1.165) is 0 Å². The van der Waals surface area contributed by atoms with Gasteiger partial charge in [-0.1, -0.05) is 19.8 Å². The van der Waals surface area contributed by atoms with Crippen molar-refractivity contribution in [2.45, 2.75) is 303 Å². The van der Waals surface area contributed by atoms with E-state index in [1.54, 1.807) is 0 Å². The van der Waals surface area contributed by atoms with E-state index in [9.17, 15) is 143 Å². The highest BCUT2D eigenvalue weighted by atomic mass is 16.8. The van der Waals surface area contributed by atoms with E-state index in [1.165, 1.54) is 0 Å². The van der Waals surface area contributed by atoms with Gasteiger partial charge in [-0.05, 0) is 6.42 Å². The molecule has 0 amide bonds. The van der Waals surface area contributed by atoms with Gasteiger partial charge in [0.15, 0.2) is 56.6 Å². The average Bonchev–Trinajstić information content (AvgIpc) is 0.778. The standard InChI is InChI=1S/C59H102O46/c1-2-3-4-5-88-51-43(86)45(100-58-50(39(82)30(73)20(11-65)96-58)105-59-49(38(81)29(72)21(12-66)97-59)104-55-42(85)35(78)26(69)17(8-62)93-55)31(74)22(98-51)13-89-52-44(87)46(101-57-48(37(80)28(71)19(10-64)95-57)103-54-41(84)34(77)25(68)16(7-61)92-54)32(75)23(99-52)14-90-56-47(36(79)27(70)18(9-63)94-56)102-53-40(83)33(76)24(67)15(6-60)91-53/h15-87H,2-14H2,1H3/t15-,16-,17-,18-,19-,20-,21-,22-,23-,24-,25-,26-,27-,28-,29-,30-,31-,32-,33+,34+,35+,36+,37+,38+,39+,40+,41+,42+,43+,44+,45+,46+,47+,48+,49+,50+,51-,52+,53-,54-,55-,56+,57-,58-,59-/m1/s1.